The summed E-state index contributed by atoms with van der Waals surface area (Å²) in [5.74, 6) is 1.43. The maximum atomic E-state index is 5.64. The number of benzene rings is 1. The summed E-state index contributed by atoms with van der Waals surface area (Å²) >= 11 is 4.98. The Kier molecular flexibility index (Phi) is 3.39. The van der Waals surface area contributed by atoms with Crippen molar-refractivity contribution in [3.63, 3.8) is 0 Å². The monoisotopic (exact) mass is 247 g/mol. The van der Waals surface area contributed by atoms with Gasteiger partial charge in [0.25, 0.3) is 0 Å². The second-order valence-corrected chi connectivity index (χ2v) is 4.07. The highest BCUT2D eigenvalue weighted by Gasteiger charge is 2.05. The van der Waals surface area contributed by atoms with Gasteiger partial charge in [0.15, 0.2) is 0 Å². The summed E-state index contributed by atoms with van der Waals surface area (Å²) in [6.07, 6.45) is 1.69. The molecule has 3 N–H and O–H groups in total. The van der Waals surface area contributed by atoms with Crippen molar-refractivity contribution in [2.45, 2.75) is 13.5 Å². The summed E-state index contributed by atoms with van der Waals surface area (Å²) in [6, 6.07) is 7.62. The maximum absolute atomic E-state index is 5.64. The maximum Gasteiger partial charge on any atom is 0.213 e. The molecule has 0 saturated carbocycles. The third-order valence-corrected chi connectivity index (χ3v) is 2.51. The van der Waals surface area contributed by atoms with Crippen LogP contribution in [0.25, 0.3) is 0 Å². The van der Waals surface area contributed by atoms with Crippen LogP contribution in [0.3, 0.4) is 0 Å². The molecule has 4 nitrogen and oxygen atoms in total. The Morgan fingerprint density at radius 1 is 1.47 bits per heavy atom. The summed E-state index contributed by atoms with van der Waals surface area (Å²) in [5.41, 5.74) is 7.35. The molecule has 0 aliphatic rings. The lowest BCUT2D eigenvalue weighted by Crippen LogP contribution is -2.13. The Bertz CT molecular complexity index is 536. The van der Waals surface area contributed by atoms with Crippen molar-refractivity contribution >= 4 is 22.9 Å². The van der Waals surface area contributed by atoms with Crippen LogP contribution >= 0.6 is 12.2 Å². The van der Waals surface area contributed by atoms with Gasteiger partial charge in [-0.25, -0.2) is 4.98 Å². The average molecular weight is 247 g/mol. The Morgan fingerprint density at radius 2 is 2.24 bits per heavy atom. The smallest absolute Gasteiger partial charge is 0.213 e. The van der Waals surface area contributed by atoms with Crippen molar-refractivity contribution in [3.8, 4) is 0 Å². The van der Waals surface area contributed by atoms with Crippen LogP contribution < -0.4 is 11.1 Å². The van der Waals surface area contributed by atoms with Crippen LogP contribution in [0, 0.1) is 6.92 Å². The van der Waals surface area contributed by atoms with E-state index in [0.29, 0.717) is 17.4 Å². The van der Waals surface area contributed by atoms with Gasteiger partial charge in [-0.05, 0) is 19.1 Å². The number of hydrogen-bond acceptors (Lipinski definition) is 4. The van der Waals surface area contributed by atoms with Gasteiger partial charge >= 0.3 is 0 Å². The highest BCUT2D eigenvalue weighted by molar-refractivity contribution is 7.80. The van der Waals surface area contributed by atoms with E-state index >= 15 is 0 Å². The van der Waals surface area contributed by atoms with Gasteiger partial charge in [0.1, 0.15) is 10.7 Å². The van der Waals surface area contributed by atoms with Crippen LogP contribution in [-0.2, 0) is 6.54 Å². The van der Waals surface area contributed by atoms with Gasteiger partial charge in [-0.2, -0.15) is 0 Å². The van der Waals surface area contributed by atoms with E-state index in [1.54, 1.807) is 6.20 Å². The minimum Gasteiger partial charge on any atom is -0.444 e. The number of nitrogens with one attached hydrogen (secondary N) is 1. The van der Waals surface area contributed by atoms with Crippen LogP contribution in [0.4, 0.5) is 5.69 Å². The minimum atomic E-state index is 0.372. The predicted molar refractivity (Wildman–Crippen MR) is 70.9 cm³/mol. The van der Waals surface area contributed by atoms with Gasteiger partial charge in [0, 0.05) is 11.3 Å². The third-order valence-electron chi connectivity index (χ3n) is 2.29. The molecule has 1 aromatic heterocycles. The van der Waals surface area contributed by atoms with Crippen molar-refractivity contribution in [1.82, 2.24) is 4.98 Å². The normalized spacial score (nSPS) is 10.2. The fourth-order valence-electron chi connectivity index (χ4n) is 1.51. The number of aryl methyl sites for hydroxylation is 1. The first-order valence-electron chi connectivity index (χ1n) is 5.21. The number of rotatable bonds is 4. The summed E-state index contributed by atoms with van der Waals surface area (Å²) in [6.45, 7) is 2.37. The van der Waals surface area contributed by atoms with Gasteiger partial charge in [0.05, 0.1) is 12.7 Å². The molecule has 88 valence electrons. The average Bonchev–Trinajstić information content (AvgIpc) is 2.73. The van der Waals surface area contributed by atoms with Crippen LogP contribution in [-0.4, -0.2) is 9.97 Å². The lowest BCUT2D eigenvalue weighted by molar-refractivity contribution is 0.479. The second kappa shape index (κ2) is 4.97. The SMILES string of the molecule is Cc1cnc(CNc2ccccc2C(N)=S)o1. The number of anilines is 1. The summed E-state index contributed by atoms with van der Waals surface area (Å²) in [7, 11) is 0. The van der Waals surface area contributed by atoms with Crippen molar-refractivity contribution < 1.29 is 4.42 Å². The molecule has 1 aromatic carbocycles. The Labute approximate surface area is 105 Å². The first-order valence-corrected chi connectivity index (χ1v) is 5.61. The molecule has 0 aliphatic heterocycles. The van der Waals surface area contributed by atoms with E-state index in [-0.39, 0.29) is 0 Å². The van der Waals surface area contributed by atoms with E-state index < -0.39 is 0 Å². The van der Waals surface area contributed by atoms with Crippen LogP contribution in [0.5, 0.6) is 0 Å². The van der Waals surface area contributed by atoms with Crippen molar-refractivity contribution in [2.75, 3.05) is 5.32 Å². The van der Waals surface area contributed by atoms with E-state index in [9.17, 15) is 0 Å². The predicted octanol–water partition coefficient (Wildman–Crippen LogP) is 2.23. The summed E-state index contributed by atoms with van der Waals surface area (Å²) in [5, 5.41) is 3.20. The highest BCUT2D eigenvalue weighted by Crippen LogP contribution is 2.15. The molecule has 0 fully saturated rings. The number of hydrogen-bond donors (Lipinski definition) is 2. The largest absolute Gasteiger partial charge is 0.444 e. The lowest BCUT2D eigenvalue weighted by atomic mass is 10.2. The molecule has 0 radical (unpaired) electrons. The van der Waals surface area contributed by atoms with E-state index in [1.807, 2.05) is 31.2 Å². The molecule has 0 atom stereocenters. The Hall–Kier alpha value is -1.88. The zero-order valence-electron chi connectivity index (χ0n) is 9.43. The summed E-state index contributed by atoms with van der Waals surface area (Å²) in [4.78, 5) is 4.48. The van der Waals surface area contributed by atoms with Gasteiger partial charge in [-0.15, -0.1) is 0 Å². The standard InChI is InChI=1S/C12H13N3OS/c1-8-6-15-11(16-8)7-14-10-5-3-2-4-9(10)12(13)17/h2-6,14H,7H2,1H3,(H2,13,17). The van der Waals surface area contributed by atoms with Crippen molar-refractivity contribution in [2.24, 2.45) is 5.73 Å². The topological polar surface area (TPSA) is 64.1 Å². The molecule has 0 aliphatic carbocycles. The molecular weight excluding hydrogens is 234 g/mol. The van der Waals surface area contributed by atoms with Gasteiger partial charge in [-0.3, -0.25) is 0 Å². The minimum absolute atomic E-state index is 0.372. The first-order chi connectivity index (χ1) is 8.16. The van der Waals surface area contributed by atoms with Crippen LogP contribution in [0.2, 0.25) is 0 Å². The van der Waals surface area contributed by atoms with Gasteiger partial charge in [0.2, 0.25) is 5.89 Å². The number of nitrogens with two attached hydrogens (primary N) is 1. The summed E-state index contributed by atoms with van der Waals surface area (Å²) < 4.78 is 5.37. The number of oxazole rings is 1. The van der Waals surface area contributed by atoms with E-state index in [0.717, 1.165) is 17.0 Å². The lowest BCUT2D eigenvalue weighted by Gasteiger charge is -2.09. The second-order valence-electron chi connectivity index (χ2n) is 3.63. The number of para-hydroxylation sites is 1. The van der Waals surface area contributed by atoms with Crippen molar-refractivity contribution in [1.29, 1.82) is 0 Å². The first kappa shape index (κ1) is 11.6. The molecule has 0 bridgehead atoms. The molecule has 1 heterocycles. The molecule has 2 aromatic rings. The van der Waals surface area contributed by atoms with E-state index in [4.69, 9.17) is 22.4 Å². The van der Waals surface area contributed by atoms with Crippen LogP contribution in [0.1, 0.15) is 17.2 Å². The van der Waals surface area contributed by atoms with Crippen molar-refractivity contribution in [3.05, 3.63) is 47.7 Å². The Morgan fingerprint density at radius 3 is 2.88 bits per heavy atom. The van der Waals surface area contributed by atoms with Gasteiger partial charge in [-0.1, -0.05) is 24.4 Å². The quantitative estimate of drug-likeness (QED) is 0.811. The van der Waals surface area contributed by atoms with E-state index in [2.05, 4.69) is 10.3 Å². The molecule has 0 saturated heterocycles. The fraction of sp³-hybridized carbons (Fsp3) is 0.167. The molecular formula is C12H13N3OS. The zero-order valence-corrected chi connectivity index (χ0v) is 10.3. The molecule has 2 rings (SSSR count). The number of thiocarbonyl (C=S) groups is 1. The molecule has 0 amide bonds. The molecule has 5 heteroatoms. The zero-order chi connectivity index (χ0) is 12.3. The number of nitrogens with zero attached hydrogens (tertiary/aromatic N) is 1. The van der Waals surface area contributed by atoms with Crippen LogP contribution in [0.15, 0.2) is 34.9 Å². The fourth-order valence-corrected chi connectivity index (χ4v) is 1.68. The number of aromatic nitrogens is 1. The van der Waals surface area contributed by atoms with E-state index in [1.165, 1.54) is 0 Å². The molecule has 0 unspecified atom stereocenters. The van der Waals surface area contributed by atoms with Gasteiger partial charge < -0.3 is 15.5 Å². The Balaban J connectivity index is 2.11. The highest BCUT2D eigenvalue weighted by atomic mass is 32.1. The molecule has 0 spiro atoms. The third kappa shape index (κ3) is 2.82. The molecule has 17 heavy (non-hydrogen) atoms.